The first-order valence-corrected chi connectivity index (χ1v) is 8.25. The van der Waals surface area contributed by atoms with Crippen molar-refractivity contribution < 1.29 is 19.2 Å². The number of amides is 1. The summed E-state index contributed by atoms with van der Waals surface area (Å²) in [6.07, 6.45) is 0.631. The molecule has 2 aromatic rings. The monoisotopic (exact) mass is 378 g/mol. The summed E-state index contributed by atoms with van der Waals surface area (Å²) in [5.41, 5.74) is 0.853. The number of nitrogens with one attached hydrogen (secondary N) is 1. The van der Waals surface area contributed by atoms with Gasteiger partial charge in [0.25, 0.3) is 11.6 Å². The lowest BCUT2D eigenvalue weighted by atomic mass is 10.0. The quantitative estimate of drug-likeness (QED) is 0.577. The van der Waals surface area contributed by atoms with Crippen molar-refractivity contribution in [3.63, 3.8) is 0 Å². The van der Waals surface area contributed by atoms with E-state index in [1.807, 2.05) is 13.0 Å². The van der Waals surface area contributed by atoms with Crippen LogP contribution in [0.15, 0.2) is 36.4 Å². The number of halogens is 1. The Morgan fingerprint density at radius 2 is 1.88 bits per heavy atom. The van der Waals surface area contributed by atoms with E-state index in [0.717, 1.165) is 11.6 Å². The van der Waals surface area contributed by atoms with E-state index in [-0.39, 0.29) is 22.3 Å². The van der Waals surface area contributed by atoms with E-state index in [9.17, 15) is 14.9 Å². The van der Waals surface area contributed by atoms with Crippen molar-refractivity contribution in [3.05, 3.63) is 62.7 Å². The average molecular weight is 379 g/mol. The summed E-state index contributed by atoms with van der Waals surface area (Å²) in [4.78, 5) is 22.8. The number of carbonyl (C=O) groups is 1. The summed E-state index contributed by atoms with van der Waals surface area (Å²) >= 11 is 6.03. The van der Waals surface area contributed by atoms with Gasteiger partial charge in [-0.2, -0.15) is 0 Å². The molecule has 0 fully saturated rings. The highest BCUT2D eigenvalue weighted by molar-refractivity contribution is 6.34. The molecule has 1 atom stereocenters. The smallest absolute Gasteiger partial charge is 0.270 e. The second-order valence-electron chi connectivity index (χ2n) is 5.47. The largest absolute Gasteiger partial charge is 0.493 e. The molecule has 0 saturated heterocycles. The highest BCUT2D eigenvalue weighted by atomic mass is 35.5. The number of methoxy groups -OCH3 is 2. The molecule has 0 aliphatic rings. The summed E-state index contributed by atoms with van der Waals surface area (Å²) in [5, 5.41) is 13.7. The molecule has 1 N–H and O–H groups in total. The molecule has 0 aliphatic carbocycles. The van der Waals surface area contributed by atoms with Gasteiger partial charge in [0.15, 0.2) is 11.5 Å². The van der Waals surface area contributed by atoms with Gasteiger partial charge in [-0.1, -0.05) is 24.6 Å². The second kappa shape index (κ2) is 8.53. The molecule has 138 valence electrons. The predicted molar refractivity (Wildman–Crippen MR) is 98.2 cm³/mol. The van der Waals surface area contributed by atoms with E-state index >= 15 is 0 Å². The SMILES string of the molecule is CCC(NC(=O)c1ccc([N+](=O)[O-])cc1Cl)c1ccc(OC)c(OC)c1. The summed E-state index contributed by atoms with van der Waals surface area (Å²) in [5.74, 6) is 0.744. The number of hydrogen-bond acceptors (Lipinski definition) is 5. The number of nitrogens with zero attached hydrogens (tertiary/aromatic N) is 1. The molecular weight excluding hydrogens is 360 g/mol. The summed E-state index contributed by atoms with van der Waals surface area (Å²) < 4.78 is 10.5. The fourth-order valence-electron chi connectivity index (χ4n) is 2.53. The third-order valence-corrected chi connectivity index (χ3v) is 4.24. The molecule has 0 aromatic heterocycles. The molecule has 0 spiro atoms. The van der Waals surface area contributed by atoms with Crippen LogP contribution in [0, 0.1) is 10.1 Å². The highest BCUT2D eigenvalue weighted by Gasteiger charge is 2.19. The fraction of sp³-hybridized carbons (Fsp3) is 0.278. The van der Waals surface area contributed by atoms with Crippen LogP contribution in [0.1, 0.15) is 35.3 Å². The lowest BCUT2D eigenvalue weighted by molar-refractivity contribution is -0.384. The van der Waals surface area contributed by atoms with Crippen LogP contribution in [-0.4, -0.2) is 25.1 Å². The molecule has 8 heteroatoms. The summed E-state index contributed by atoms with van der Waals surface area (Å²) in [7, 11) is 3.09. The van der Waals surface area contributed by atoms with Crippen LogP contribution in [0.25, 0.3) is 0 Å². The van der Waals surface area contributed by atoms with Gasteiger partial charge in [-0.3, -0.25) is 14.9 Å². The van der Waals surface area contributed by atoms with Crippen LogP contribution in [0.4, 0.5) is 5.69 Å². The van der Waals surface area contributed by atoms with Gasteiger partial charge in [0, 0.05) is 12.1 Å². The number of rotatable bonds is 7. The van der Waals surface area contributed by atoms with Gasteiger partial charge in [0.1, 0.15) is 0 Å². The van der Waals surface area contributed by atoms with Crippen LogP contribution < -0.4 is 14.8 Å². The third kappa shape index (κ3) is 4.23. The second-order valence-corrected chi connectivity index (χ2v) is 5.88. The third-order valence-electron chi connectivity index (χ3n) is 3.93. The Kier molecular flexibility index (Phi) is 6.41. The molecule has 7 nitrogen and oxygen atoms in total. The van der Waals surface area contributed by atoms with Crippen molar-refractivity contribution in [3.8, 4) is 11.5 Å². The zero-order chi connectivity index (χ0) is 19.3. The number of non-ortho nitro benzene ring substituents is 1. The standard InChI is InChI=1S/C18H19ClN2O5/c1-4-15(11-5-8-16(25-2)17(9-11)26-3)20-18(22)13-7-6-12(21(23)24)10-14(13)19/h5-10,15H,4H2,1-3H3,(H,20,22). The predicted octanol–water partition coefficient (Wildman–Crippen LogP) is 4.15. The van der Waals surface area contributed by atoms with E-state index in [1.54, 1.807) is 19.2 Å². The van der Waals surface area contributed by atoms with Gasteiger partial charge in [0.05, 0.1) is 35.8 Å². The van der Waals surface area contributed by atoms with Gasteiger partial charge < -0.3 is 14.8 Å². The maximum atomic E-state index is 12.5. The minimum Gasteiger partial charge on any atom is -0.493 e. The van der Waals surface area contributed by atoms with E-state index in [4.69, 9.17) is 21.1 Å². The summed E-state index contributed by atoms with van der Waals surface area (Å²) in [6, 6.07) is 8.87. The van der Waals surface area contributed by atoms with Crippen molar-refractivity contribution in [1.82, 2.24) is 5.32 Å². The Balaban J connectivity index is 2.25. The van der Waals surface area contributed by atoms with Crippen molar-refractivity contribution in [2.45, 2.75) is 19.4 Å². The number of nitro benzene ring substituents is 1. The minimum absolute atomic E-state index is 0.0267. The Bertz CT molecular complexity index is 825. The van der Waals surface area contributed by atoms with Gasteiger partial charge in [0.2, 0.25) is 0 Å². The number of benzene rings is 2. The lowest BCUT2D eigenvalue weighted by Gasteiger charge is -2.19. The number of hydrogen-bond donors (Lipinski definition) is 1. The zero-order valence-electron chi connectivity index (χ0n) is 14.6. The first-order valence-electron chi connectivity index (χ1n) is 7.88. The molecule has 26 heavy (non-hydrogen) atoms. The Morgan fingerprint density at radius 1 is 1.19 bits per heavy atom. The highest BCUT2D eigenvalue weighted by Crippen LogP contribution is 2.31. The molecule has 2 rings (SSSR count). The molecule has 0 radical (unpaired) electrons. The normalized spacial score (nSPS) is 11.5. The molecule has 1 amide bonds. The van der Waals surface area contributed by atoms with E-state index < -0.39 is 10.8 Å². The van der Waals surface area contributed by atoms with Gasteiger partial charge in [-0.15, -0.1) is 0 Å². The molecule has 1 unspecified atom stereocenters. The van der Waals surface area contributed by atoms with Crippen molar-refractivity contribution in [1.29, 1.82) is 0 Å². The zero-order valence-corrected chi connectivity index (χ0v) is 15.4. The van der Waals surface area contributed by atoms with Crippen molar-refractivity contribution >= 4 is 23.2 Å². The van der Waals surface area contributed by atoms with Crippen LogP contribution in [0.3, 0.4) is 0 Å². The fourth-order valence-corrected chi connectivity index (χ4v) is 2.79. The summed E-state index contributed by atoms with van der Waals surface area (Å²) in [6.45, 7) is 1.93. The van der Waals surface area contributed by atoms with Crippen molar-refractivity contribution in [2.24, 2.45) is 0 Å². The lowest BCUT2D eigenvalue weighted by Crippen LogP contribution is -2.28. The topological polar surface area (TPSA) is 90.7 Å². The first kappa shape index (κ1) is 19.5. The van der Waals surface area contributed by atoms with E-state index in [1.165, 1.54) is 19.2 Å². The molecule has 0 heterocycles. The maximum Gasteiger partial charge on any atom is 0.270 e. The van der Waals surface area contributed by atoms with Gasteiger partial charge in [-0.05, 0) is 30.2 Å². The number of nitro groups is 1. The Hall–Kier alpha value is -2.80. The number of ether oxygens (including phenoxy) is 2. The van der Waals surface area contributed by atoms with Crippen LogP contribution in [0.2, 0.25) is 5.02 Å². The Labute approximate surface area is 156 Å². The molecule has 0 saturated carbocycles. The number of carbonyl (C=O) groups excluding carboxylic acids is 1. The molecule has 0 aliphatic heterocycles. The van der Waals surface area contributed by atoms with E-state index in [0.29, 0.717) is 17.9 Å². The molecule has 2 aromatic carbocycles. The van der Waals surface area contributed by atoms with Crippen LogP contribution in [0.5, 0.6) is 11.5 Å². The first-order chi connectivity index (χ1) is 12.4. The van der Waals surface area contributed by atoms with Crippen LogP contribution in [-0.2, 0) is 0 Å². The van der Waals surface area contributed by atoms with E-state index in [2.05, 4.69) is 5.32 Å². The molecular formula is C18H19ClN2O5. The molecule has 0 bridgehead atoms. The van der Waals surface area contributed by atoms with Crippen molar-refractivity contribution in [2.75, 3.05) is 14.2 Å². The van der Waals surface area contributed by atoms with Gasteiger partial charge in [-0.25, -0.2) is 0 Å². The maximum absolute atomic E-state index is 12.5. The minimum atomic E-state index is -0.563. The Morgan fingerprint density at radius 3 is 2.42 bits per heavy atom. The van der Waals surface area contributed by atoms with Crippen LogP contribution >= 0.6 is 11.6 Å². The average Bonchev–Trinajstić information content (AvgIpc) is 2.65. The van der Waals surface area contributed by atoms with Gasteiger partial charge >= 0.3 is 0 Å².